The molecule has 0 aromatic heterocycles. The summed E-state index contributed by atoms with van der Waals surface area (Å²) in [7, 11) is 0. The summed E-state index contributed by atoms with van der Waals surface area (Å²) >= 11 is 0. The molecule has 0 spiro atoms. The van der Waals surface area contributed by atoms with E-state index in [0.717, 1.165) is 12.1 Å². The number of halogens is 4. The van der Waals surface area contributed by atoms with E-state index in [4.69, 9.17) is 0 Å². The van der Waals surface area contributed by atoms with Crippen LogP contribution in [0.3, 0.4) is 0 Å². The van der Waals surface area contributed by atoms with Crippen LogP contribution in [0.1, 0.15) is 12.0 Å². The average Bonchev–Trinajstić information content (AvgIpc) is 2.03. The summed E-state index contributed by atoms with van der Waals surface area (Å²) in [6, 6.07) is 4.46. The van der Waals surface area contributed by atoms with Crippen molar-refractivity contribution >= 4 is 0 Å². The zero-order chi connectivity index (χ0) is 9.84. The van der Waals surface area contributed by atoms with E-state index < -0.39 is 13.0 Å². The highest BCUT2D eigenvalue weighted by molar-refractivity contribution is 5.29. The fourth-order valence-electron chi connectivity index (χ4n) is 0.826. The SMILES string of the molecule is FC(F)Oc1cccc(C(F)F)c1. The Labute approximate surface area is 71.9 Å². The van der Waals surface area contributed by atoms with Crippen LogP contribution in [0.25, 0.3) is 0 Å². The number of ether oxygens (including phenoxy) is 1. The van der Waals surface area contributed by atoms with Crippen LogP contribution in [-0.4, -0.2) is 6.61 Å². The fraction of sp³-hybridized carbons (Fsp3) is 0.250. The summed E-state index contributed by atoms with van der Waals surface area (Å²) < 4.78 is 51.3. The molecule has 0 radical (unpaired) electrons. The van der Waals surface area contributed by atoms with Crippen LogP contribution in [0.4, 0.5) is 17.6 Å². The van der Waals surface area contributed by atoms with Gasteiger partial charge < -0.3 is 4.74 Å². The normalized spacial score (nSPS) is 10.9. The van der Waals surface area contributed by atoms with Crippen molar-refractivity contribution in [2.45, 2.75) is 13.0 Å². The summed E-state index contributed by atoms with van der Waals surface area (Å²) in [6.45, 7) is -2.99. The zero-order valence-corrected chi connectivity index (χ0v) is 6.38. The highest BCUT2D eigenvalue weighted by Gasteiger charge is 2.09. The van der Waals surface area contributed by atoms with Crippen LogP contribution in [0, 0.1) is 0 Å². The average molecular weight is 194 g/mol. The lowest BCUT2D eigenvalue weighted by Crippen LogP contribution is -2.02. The topological polar surface area (TPSA) is 9.23 Å². The Morgan fingerprint density at radius 2 is 1.77 bits per heavy atom. The Hall–Kier alpha value is -1.26. The highest BCUT2D eigenvalue weighted by Crippen LogP contribution is 2.23. The number of alkyl halides is 4. The Kier molecular flexibility index (Phi) is 3.11. The van der Waals surface area contributed by atoms with Crippen molar-refractivity contribution in [3.05, 3.63) is 29.8 Å². The molecule has 0 unspecified atom stereocenters. The van der Waals surface area contributed by atoms with E-state index in [1.807, 2.05) is 0 Å². The number of rotatable bonds is 3. The minimum atomic E-state index is -2.99. The molecule has 72 valence electrons. The molecule has 13 heavy (non-hydrogen) atoms. The van der Waals surface area contributed by atoms with Gasteiger partial charge in [0.15, 0.2) is 0 Å². The maximum atomic E-state index is 12.0. The Bertz CT molecular complexity index is 275. The van der Waals surface area contributed by atoms with E-state index in [1.54, 1.807) is 0 Å². The first kappa shape index (κ1) is 9.83. The second-order valence-corrected chi connectivity index (χ2v) is 2.25. The van der Waals surface area contributed by atoms with Gasteiger partial charge in [-0.1, -0.05) is 12.1 Å². The third-order valence-electron chi connectivity index (χ3n) is 1.34. The largest absolute Gasteiger partial charge is 0.435 e. The molecule has 0 fully saturated rings. The fourth-order valence-corrected chi connectivity index (χ4v) is 0.826. The summed E-state index contributed by atoms with van der Waals surface area (Å²) in [4.78, 5) is 0. The van der Waals surface area contributed by atoms with Crippen molar-refractivity contribution in [1.29, 1.82) is 0 Å². The van der Waals surface area contributed by atoms with Crippen molar-refractivity contribution in [1.82, 2.24) is 0 Å². The van der Waals surface area contributed by atoms with Gasteiger partial charge >= 0.3 is 6.61 Å². The molecule has 0 bridgehead atoms. The van der Waals surface area contributed by atoms with E-state index in [1.165, 1.54) is 12.1 Å². The lowest BCUT2D eigenvalue weighted by Gasteiger charge is -2.05. The predicted octanol–water partition coefficient (Wildman–Crippen LogP) is 3.23. The van der Waals surface area contributed by atoms with Gasteiger partial charge in [0.1, 0.15) is 5.75 Å². The van der Waals surface area contributed by atoms with Crippen LogP contribution in [0.15, 0.2) is 24.3 Å². The van der Waals surface area contributed by atoms with Crippen molar-refractivity contribution in [2.75, 3.05) is 0 Å². The van der Waals surface area contributed by atoms with Gasteiger partial charge in [-0.15, -0.1) is 0 Å². The molecule has 0 aliphatic carbocycles. The van der Waals surface area contributed by atoms with Gasteiger partial charge in [0.25, 0.3) is 6.43 Å². The van der Waals surface area contributed by atoms with E-state index in [9.17, 15) is 17.6 Å². The number of benzene rings is 1. The third-order valence-corrected chi connectivity index (χ3v) is 1.34. The Balaban J connectivity index is 2.79. The first-order valence-corrected chi connectivity index (χ1v) is 3.42. The smallest absolute Gasteiger partial charge is 0.387 e. The van der Waals surface area contributed by atoms with Gasteiger partial charge in [0.2, 0.25) is 0 Å². The standard InChI is InChI=1S/C8H6F4O/c9-7(10)5-2-1-3-6(4-5)13-8(11)12/h1-4,7-8H. The van der Waals surface area contributed by atoms with Gasteiger partial charge in [0.05, 0.1) is 0 Å². The quantitative estimate of drug-likeness (QED) is 0.671. The lowest BCUT2D eigenvalue weighted by molar-refractivity contribution is -0.0500. The predicted molar refractivity (Wildman–Crippen MR) is 38.0 cm³/mol. The zero-order valence-electron chi connectivity index (χ0n) is 6.38. The van der Waals surface area contributed by atoms with Crippen LogP contribution in [0.2, 0.25) is 0 Å². The van der Waals surface area contributed by atoms with Crippen molar-refractivity contribution < 1.29 is 22.3 Å². The molecular weight excluding hydrogens is 188 g/mol. The minimum absolute atomic E-state index is 0.257. The number of hydrogen-bond donors (Lipinski definition) is 0. The lowest BCUT2D eigenvalue weighted by atomic mass is 10.2. The second-order valence-electron chi connectivity index (χ2n) is 2.25. The molecule has 0 heterocycles. The van der Waals surface area contributed by atoms with Gasteiger partial charge in [-0.3, -0.25) is 0 Å². The first-order chi connectivity index (χ1) is 6.09. The molecular formula is C8H6F4O. The molecule has 0 amide bonds. The van der Waals surface area contributed by atoms with Crippen LogP contribution >= 0.6 is 0 Å². The van der Waals surface area contributed by atoms with Gasteiger partial charge in [0, 0.05) is 5.56 Å². The van der Waals surface area contributed by atoms with Crippen molar-refractivity contribution in [3.63, 3.8) is 0 Å². The van der Waals surface area contributed by atoms with Crippen LogP contribution < -0.4 is 4.74 Å². The second kappa shape index (κ2) is 4.11. The summed E-state index contributed by atoms with van der Waals surface area (Å²) in [5.74, 6) is -0.257. The van der Waals surface area contributed by atoms with Crippen molar-refractivity contribution in [2.24, 2.45) is 0 Å². The molecule has 0 saturated carbocycles. The van der Waals surface area contributed by atoms with E-state index >= 15 is 0 Å². The Morgan fingerprint density at radius 3 is 2.31 bits per heavy atom. The molecule has 0 saturated heterocycles. The minimum Gasteiger partial charge on any atom is -0.435 e. The Morgan fingerprint density at radius 1 is 1.08 bits per heavy atom. The molecule has 5 heteroatoms. The molecule has 0 atom stereocenters. The summed E-state index contributed by atoms with van der Waals surface area (Å²) in [5, 5.41) is 0. The maximum absolute atomic E-state index is 12.0. The molecule has 1 aromatic rings. The summed E-state index contributed by atoms with van der Waals surface area (Å²) in [6.07, 6.45) is -2.68. The molecule has 0 aliphatic rings. The van der Waals surface area contributed by atoms with Gasteiger partial charge in [-0.25, -0.2) is 8.78 Å². The van der Waals surface area contributed by atoms with E-state index in [-0.39, 0.29) is 11.3 Å². The highest BCUT2D eigenvalue weighted by atomic mass is 19.3. The molecule has 1 aromatic carbocycles. The molecule has 0 aliphatic heterocycles. The van der Waals surface area contributed by atoms with Gasteiger partial charge in [-0.05, 0) is 12.1 Å². The van der Waals surface area contributed by atoms with E-state index in [0.29, 0.717) is 0 Å². The van der Waals surface area contributed by atoms with Crippen LogP contribution in [-0.2, 0) is 0 Å². The molecule has 1 rings (SSSR count). The molecule has 1 nitrogen and oxygen atoms in total. The van der Waals surface area contributed by atoms with Crippen LogP contribution in [0.5, 0.6) is 5.75 Å². The number of hydrogen-bond acceptors (Lipinski definition) is 1. The summed E-state index contributed by atoms with van der Waals surface area (Å²) in [5.41, 5.74) is -0.335. The molecule has 0 N–H and O–H groups in total. The maximum Gasteiger partial charge on any atom is 0.387 e. The third kappa shape index (κ3) is 2.93. The van der Waals surface area contributed by atoms with Crippen molar-refractivity contribution in [3.8, 4) is 5.75 Å². The monoisotopic (exact) mass is 194 g/mol. The van der Waals surface area contributed by atoms with Gasteiger partial charge in [-0.2, -0.15) is 8.78 Å². The van der Waals surface area contributed by atoms with E-state index in [2.05, 4.69) is 4.74 Å². The first-order valence-electron chi connectivity index (χ1n) is 3.42.